The van der Waals surface area contributed by atoms with E-state index in [1.165, 1.54) is 0 Å². The highest BCUT2D eigenvalue weighted by molar-refractivity contribution is 7.11. The first kappa shape index (κ1) is 18.6. The maximum absolute atomic E-state index is 12.4. The smallest absolute Gasteiger partial charge is 0.309 e. The molecule has 0 aromatic carbocycles. The van der Waals surface area contributed by atoms with Crippen molar-refractivity contribution in [1.29, 1.82) is 0 Å². The maximum Gasteiger partial charge on any atom is 0.309 e. The van der Waals surface area contributed by atoms with E-state index in [2.05, 4.69) is 12.2 Å². The molecule has 2 saturated heterocycles. The molecule has 6 atom stereocenters. The highest BCUT2D eigenvalue weighted by Crippen LogP contribution is 2.49. The molecule has 1 aromatic heterocycles. The Kier molecular flexibility index (Phi) is 4.72. The van der Waals surface area contributed by atoms with Gasteiger partial charge < -0.3 is 19.5 Å². The predicted molar refractivity (Wildman–Crippen MR) is 103 cm³/mol. The average molecular weight is 406 g/mol. The molecule has 3 heterocycles. The fourth-order valence-electron chi connectivity index (χ4n) is 4.68. The number of fused-ring (bicyclic) bond motifs is 2. The Hall–Kier alpha value is -1.44. The number of rotatable bonds is 6. The number of carbonyl (C=O) groups excluding carboxylic acids is 2. The third kappa shape index (κ3) is 3.84. The van der Waals surface area contributed by atoms with E-state index in [1.54, 1.807) is 11.3 Å². The third-order valence-electron chi connectivity index (χ3n) is 6.74. The molecule has 152 valence electrons. The normalized spacial score (nSPS) is 38.1. The van der Waals surface area contributed by atoms with Crippen LogP contribution in [0.2, 0.25) is 0 Å². The zero-order chi connectivity index (χ0) is 19.3. The molecule has 28 heavy (non-hydrogen) atoms. The van der Waals surface area contributed by atoms with Crippen LogP contribution in [0.1, 0.15) is 55.2 Å². The molecule has 0 spiro atoms. The lowest BCUT2D eigenvalue weighted by molar-refractivity contribution is -0.150. The van der Waals surface area contributed by atoms with Gasteiger partial charge in [-0.25, -0.2) is 0 Å². The van der Waals surface area contributed by atoms with E-state index in [4.69, 9.17) is 14.2 Å². The zero-order valence-electron chi connectivity index (χ0n) is 16.1. The monoisotopic (exact) mass is 405 g/mol. The molecule has 2 saturated carbocycles. The summed E-state index contributed by atoms with van der Waals surface area (Å²) >= 11 is 1.59. The van der Waals surface area contributed by atoms with Crippen LogP contribution in [0.3, 0.4) is 0 Å². The van der Waals surface area contributed by atoms with Crippen LogP contribution in [-0.4, -0.2) is 35.8 Å². The van der Waals surface area contributed by atoms with Gasteiger partial charge in [0.25, 0.3) is 0 Å². The molecule has 6 nitrogen and oxygen atoms in total. The van der Waals surface area contributed by atoms with Gasteiger partial charge in [-0.05, 0) is 57.6 Å². The van der Waals surface area contributed by atoms with E-state index in [-0.39, 0.29) is 41.5 Å². The third-order valence-corrected chi connectivity index (χ3v) is 7.80. The zero-order valence-corrected chi connectivity index (χ0v) is 17.0. The van der Waals surface area contributed by atoms with Crippen molar-refractivity contribution in [1.82, 2.24) is 5.32 Å². The summed E-state index contributed by atoms with van der Waals surface area (Å²) in [7, 11) is 0. The summed E-state index contributed by atoms with van der Waals surface area (Å²) in [6, 6.07) is 3.98. The summed E-state index contributed by atoms with van der Waals surface area (Å²) < 4.78 is 16.7. The second kappa shape index (κ2) is 7.11. The molecule has 1 N–H and O–H groups in total. The Bertz CT molecular complexity index is 779. The van der Waals surface area contributed by atoms with Gasteiger partial charge in [0.1, 0.15) is 6.61 Å². The molecule has 4 aliphatic rings. The molecule has 5 rings (SSSR count). The lowest BCUT2D eigenvalue weighted by Gasteiger charge is -2.21. The fourth-order valence-corrected chi connectivity index (χ4v) is 5.55. The van der Waals surface area contributed by atoms with Gasteiger partial charge >= 0.3 is 5.97 Å². The number of carbonyl (C=O) groups is 2. The van der Waals surface area contributed by atoms with E-state index in [0.717, 1.165) is 48.3 Å². The number of ether oxygens (including phenoxy) is 3. The lowest BCUT2D eigenvalue weighted by Crippen LogP contribution is -2.34. The largest absolute Gasteiger partial charge is 0.460 e. The fraction of sp³-hybridized carbons (Fsp3) is 0.714. The van der Waals surface area contributed by atoms with E-state index < -0.39 is 0 Å². The summed E-state index contributed by atoms with van der Waals surface area (Å²) in [6.07, 6.45) is 6.30. The first-order valence-electron chi connectivity index (χ1n) is 10.4. The van der Waals surface area contributed by atoms with Gasteiger partial charge in [0.2, 0.25) is 5.91 Å². The van der Waals surface area contributed by atoms with Crippen molar-refractivity contribution < 1.29 is 23.8 Å². The number of amides is 1. The van der Waals surface area contributed by atoms with Crippen molar-refractivity contribution in [3.8, 4) is 0 Å². The second-order valence-electron chi connectivity index (χ2n) is 8.81. The minimum absolute atomic E-state index is 0.0183. The summed E-state index contributed by atoms with van der Waals surface area (Å²) in [5.74, 6) is 0.0578. The number of esters is 1. The first-order valence-corrected chi connectivity index (χ1v) is 11.2. The molecule has 0 radical (unpaired) electrons. The van der Waals surface area contributed by atoms with Gasteiger partial charge in [0.15, 0.2) is 0 Å². The molecule has 2 aliphatic heterocycles. The van der Waals surface area contributed by atoms with Crippen LogP contribution in [0.4, 0.5) is 0 Å². The van der Waals surface area contributed by atoms with Crippen LogP contribution in [0.5, 0.6) is 0 Å². The van der Waals surface area contributed by atoms with E-state index in [1.807, 2.05) is 12.1 Å². The van der Waals surface area contributed by atoms with Crippen LogP contribution < -0.4 is 5.32 Å². The minimum Gasteiger partial charge on any atom is -0.460 e. The molecule has 0 bridgehead atoms. The quantitative estimate of drug-likeness (QED) is 0.581. The SMILES string of the molecule is CC12CCC(C(=O)NCc3ccc(COC(=O)C4CCC5OC5C4)s3)CC1O2. The summed E-state index contributed by atoms with van der Waals surface area (Å²) in [4.78, 5) is 26.8. The highest BCUT2D eigenvalue weighted by atomic mass is 32.1. The Morgan fingerprint density at radius 3 is 2.86 bits per heavy atom. The number of epoxide rings is 2. The highest BCUT2D eigenvalue weighted by Gasteiger charge is 2.56. The molecule has 6 unspecified atom stereocenters. The number of nitrogens with one attached hydrogen (secondary N) is 1. The second-order valence-corrected chi connectivity index (χ2v) is 10.1. The van der Waals surface area contributed by atoms with Crippen molar-refractivity contribution in [2.45, 2.75) is 82.5 Å². The van der Waals surface area contributed by atoms with Crippen molar-refractivity contribution in [3.63, 3.8) is 0 Å². The van der Waals surface area contributed by atoms with Crippen molar-refractivity contribution in [2.75, 3.05) is 0 Å². The molecule has 7 heteroatoms. The van der Waals surface area contributed by atoms with Crippen molar-refractivity contribution in [3.05, 3.63) is 21.9 Å². The van der Waals surface area contributed by atoms with Crippen molar-refractivity contribution in [2.24, 2.45) is 11.8 Å². The topological polar surface area (TPSA) is 80.5 Å². The molecular weight excluding hydrogens is 378 g/mol. The van der Waals surface area contributed by atoms with Gasteiger partial charge in [-0.3, -0.25) is 9.59 Å². The van der Waals surface area contributed by atoms with Gasteiger partial charge in [0.05, 0.1) is 36.4 Å². The number of hydrogen-bond acceptors (Lipinski definition) is 6. The first-order chi connectivity index (χ1) is 13.5. The van der Waals surface area contributed by atoms with Gasteiger partial charge in [-0.15, -0.1) is 11.3 Å². The van der Waals surface area contributed by atoms with E-state index in [0.29, 0.717) is 19.3 Å². The van der Waals surface area contributed by atoms with Crippen LogP contribution in [0.25, 0.3) is 0 Å². The maximum atomic E-state index is 12.4. The standard InChI is InChI=1S/C21H27NO5S/c1-21-7-6-12(9-18(21)27-21)19(23)22-10-14-3-4-15(28-14)11-25-20(24)13-2-5-16-17(8-13)26-16/h3-4,12-13,16-18H,2,5-11H2,1H3,(H,22,23). The van der Waals surface area contributed by atoms with Crippen LogP contribution in [0.15, 0.2) is 12.1 Å². The Balaban J connectivity index is 1.05. The van der Waals surface area contributed by atoms with Gasteiger partial charge in [0, 0.05) is 15.7 Å². The van der Waals surface area contributed by atoms with Crippen LogP contribution >= 0.6 is 11.3 Å². The summed E-state index contributed by atoms with van der Waals surface area (Å²) in [5, 5.41) is 3.05. The van der Waals surface area contributed by atoms with Gasteiger partial charge in [-0.1, -0.05) is 0 Å². The van der Waals surface area contributed by atoms with E-state index in [9.17, 15) is 9.59 Å². The van der Waals surface area contributed by atoms with Crippen molar-refractivity contribution >= 4 is 23.2 Å². The predicted octanol–water partition coefficient (Wildman–Crippen LogP) is 2.93. The Morgan fingerprint density at radius 1 is 1.18 bits per heavy atom. The number of thiophene rings is 1. The molecule has 1 aromatic rings. The van der Waals surface area contributed by atoms with Gasteiger partial charge in [-0.2, -0.15) is 0 Å². The lowest BCUT2D eigenvalue weighted by atomic mass is 9.82. The summed E-state index contributed by atoms with van der Waals surface area (Å²) in [6.45, 7) is 2.97. The van der Waals surface area contributed by atoms with E-state index >= 15 is 0 Å². The Morgan fingerprint density at radius 2 is 2.04 bits per heavy atom. The molecule has 2 aliphatic carbocycles. The molecular formula is C21H27NO5S. The molecule has 4 fully saturated rings. The van der Waals surface area contributed by atoms with Crippen LogP contribution in [0, 0.1) is 11.8 Å². The number of hydrogen-bond donors (Lipinski definition) is 1. The Labute approximate surface area is 168 Å². The molecule has 1 amide bonds. The average Bonchev–Trinajstić information content (AvgIpc) is 3.56. The summed E-state index contributed by atoms with van der Waals surface area (Å²) in [5.41, 5.74) is 0.0435. The minimum atomic E-state index is -0.108. The van der Waals surface area contributed by atoms with Crippen LogP contribution in [-0.2, 0) is 37.0 Å².